The smallest absolute Gasteiger partial charge is 0.291 e. The normalized spacial score (nSPS) is 11.7. The molecule has 5 aromatic heterocycles. The maximum atomic E-state index is 14.1. The molecule has 1 N–H and O–H groups in total. The number of halogens is 1. The SMILES string of the molecule is Cn1c2c(=O)n(Cc3ccccc3F)ncc2c2cnn(Cc3ccnc4[nH]ncc34)c(=O)c21. The van der Waals surface area contributed by atoms with Gasteiger partial charge in [0, 0.05) is 35.0 Å². The van der Waals surface area contributed by atoms with Crippen LogP contribution in [-0.2, 0) is 20.1 Å². The van der Waals surface area contributed by atoms with Gasteiger partial charge in [0.2, 0.25) is 0 Å². The third kappa shape index (κ3) is 2.94. The fourth-order valence-electron chi connectivity index (χ4n) is 4.33. The molecule has 0 bridgehead atoms. The van der Waals surface area contributed by atoms with E-state index < -0.39 is 11.4 Å². The minimum absolute atomic E-state index is 0.0196. The van der Waals surface area contributed by atoms with Gasteiger partial charge in [-0.1, -0.05) is 18.2 Å². The van der Waals surface area contributed by atoms with Gasteiger partial charge in [-0.25, -0.2) is 18.7 Å². The van der Waals surface area contributed by atoms with Gasteiger partial charge in [0.1, 0.15) is 16.9 Å². The summed E-state index contributed by atoms with van der Waals surface area (Å²) >= 11 is 0. The average molecular weight is 456 g/mol. The topological polar surface area (TPSA) is 116 Å². The number of nitrogens with zero attached hydrogens (tertiary/aromatic N) is 7. The zero-order chi connectivity index (χ0) is 23.4. The molecule has 0 fully saturated rings. The Balaban J connectivity index is 1.49. The lowest BCUT2D eigenvalue weighted by Crippen LogP contribution is -2.26. The summed E-state index contributed by atoms with van der Waals surface area (Å²) in [7, 11) is 1.66. The monoisotopic (exact) mass is 456 g/mol. The predicted octanol–water partition coefficient (Wildman–Crippen LogP) is 1.95. The lowest BCUT2D eigenvalue weighted by atomic mass is 10.2. The van der Waals surface area contributed by atoms with Gasteiger partial charge in [-0.15, -0.1) is 0 Å². The highest BCUT2D eigenvalue weighted by Crippen LogP contribution is 2.23. The summed E-state index contributed by atoms with van der Waals surface area (Å²) < 4.78 is 18.2. The molecule has 11 heteroatoms. The lowest BCUT2D eigenvalue weighted by molar-refractivity contribution is 0.574. The predicted molar refractivity (Wildman–Crippen MR) is 123 cm³/mol. The van der Waals surface area contributed by atoms with Crippen LogP contribution in [0.4, 0.5) is 4.39 Å². The van der Waals surface area contributed by atoms with Crippen molar-refractivity contribution in [3.8, 4) is 0 Å². The second-order valence-corrected chi connectivity index (χ2v) is 7.99. The van der Waals surface area contributed by atoms with E-state index in [0.29, 0.717) is 33.0 Å². The average Bonchev–Trinajstić information content (AvgIpc) is 3.43. The van der Waals surface area contributed by atoms with Crippen LogP contribution >= 0.6 is 0 Å². The summed E-state index contributed by atoms with van der Waals surface area (Å²) in [6, 6.07) is 8.04. The van der Waals surface area contributed by atoms with Crippen molar-refractivity contribution in [2.75, 3.05) is 0 Å². The van der Waals surface area contributed by atoms with Crippen molar-refractivity contribution in [3.05, 3.63) is 92.8 Å². The number of fused-ring (bicyclic) bond motifs is 4. The Hall–Kier alpha value is -4.67. The summed E-state index contributed by atoms with van der Waals surface area (Å²) in [4.78, 5) is 30.9. The molecule has 0 atom stereocenters. The summed E-state index contributed by atoms with van der Waals surface area (Å²) in [5, 5.41) is 17.2. The molecule has 34 heavy (non-hydrogen) atoms. The number of hydrogen-bond acceptors (Lipinski definition) is 6. The number of hydrogen-bond donors (Lipinski definition) is 1. The molecule has 0 radical (unpaired) electrons. The second-order valence-electron chi connectivity index (χ2n) is 7.99. The summed E-state index contributed by atoms with van der Waals surface area (Å²) in [5.41, 5.74) is 1.69. The summed E-state index contributed by atoms with van der Waals surface area (Å²) in [6.45, 7) is 0.193. The largest absolute Gasteiger partial charge is 0.334 e. The Morgan fingerprint density at radius 3 is 2.18 bits per heavy atom. The molecule has 6 rings (SSSR count). The zero-order valence-electron chi connectivity index (χ0n) is 17.9. The molecule has 0 spiro atoms. The van der Waals surface area contributed by atoms with Crippen molar-refractivity contribution in [2.45, 2.75) is 13.1 Å². The third-order valence-corrected chi connectivity index (χ3v) is 6.04. The van der Waals surface area contributed by atoms with E-state index in [1.807, 2.05) is 6.07 Å². The Bertz CT molecular complexity index is 1850. The first kappa shape index (κ1) is 20.0. The van der Waals surface area contributed by atoms with Crippen LogP contribution in [-0.4, -0.2) is 39.3 Å². The Kier molecular flexibility index (Phi) is 4.37. The van der Waals surface area contributed by atoms with Crippen LogP contribution in [0.2, 0.25) is 0 Å². The van der Waals surface area contributed by atoms with Crippen LogP contribution in [0, 0.1) is 5.82 Å². The molecule has 0 aliphatic rings. The van der Waals surface area contributed by atoms with Gasteiger partial charge in [-0.05, 0) is 17.7 Å². The van der Waals surface area contributed by atoms with Crippen LogP contribution in [0.25, 0.3) is 32.8 Å². The standard InChI is InChI=1S/C23H17FN8O2/c1-30-19-16(9-27-31(22(19)33)11-13-6-7-25-21-15(13)8-26-29-21)17-10-28-32(23(34)20(17)30)12-14-4-2-3-5-18(14)24/h2-10H,11-12H2,1H3,(H,25,26,29). The van der Waals surface area contributed by atoms with Crippen LogP contribution in [0.15, 0.2) is 64.7 Å². The quantitative estimate of drug-likeness (QED) is 0.434. The van der Waals surface area contributed by atoms with E-state index in [2.05, 4.69) is 25.4 Å². The van der Waals surface area contributed by atoms with Crippen LogP contribution in [0.1, 0.15) is 11.1 Å². The van der Waals surface area contributed by atoms with Crippen molar-refractivity contribution < 1.29 is 4.39 Å². The maximum absolute atomic E-state index is 14.1. The fraction of sp³-hybridized carbons (Fsp3) is 0.130. The molecule has 10 nitrogen and oxygen atoms in total. The van der Waals surface area contributed by atoms with Gasteiger partial charge < -0.3 is 4.57 Å². The van der Waals surface area contributed by atoms with E-state index in [0.717, 1.165) is 10.9 Å². The van der Waals surface area contributed by atoms with Gasteiger partial charge in [0.15, 0.2) is 5.65 Å². The van der Waals surface area contributed by atoms with E-state index in [1.165, 1.54) is 21.6 Å². The minimum Gasteiger partial charge on any atom is -0.334 e. The number of nitrogens with one attached hydrogen (secondary N) is 1. The molecule has 0 unspecified atom stereocenters. The lowest BCUT2D eigenvalue weighted by Gasteiger charge is -2.07. The van der Waals surface area contributed by atoms with Gasteiger partial charge in [0.25, 0.3) is 11.1 Å². The molecule has 1 aromatic carbocycles. The molecular weight excluding hydrogens is 439 g/mol. The molecule has 168 valence electrons. The van der Waals surface area contributed by atoms with Crippen molar-refractivity contribution in [1.29, 1.82) is 0 Å². The second kappa shape index (κ2) is 7.44. The molecule has 5 heterocycles. The van der Waals surface area contributed by atoms with Crippen molar-refractivity contribution in [2.24, 2.45) is 7.05 Å². The molecule has 0 aliphatic heterocycles. The number of aromatic amines is 1. The summed E-state index contributed by atoms with van der Waals surface area (Å²) in [6.07, 6.45) is 6.38. The Labute approximate surface area is 189 Å². The number of pyridine rings is 1. The Morgan fingerprint density at radius 2 is 1.50 bits per heavy atom. The van der Waals surface area contributed by atoms with Crippen molar-refractivity contribution in [1.82, 2.24) is 39.3 Å². The number of benzene rings is 1. The number of aryl methyl sites for hydroxylation is 1. The van der Waals surface area contributed by atoms with Gasteiger partial charge in [-0.2, -0.15) is 15.3 Å². The number of rotatable bonds is 4. The first-order chi connectivity index (χ1) is 16.5. The molecule has 6 aromatic rings. The molecule has 0 saturated heterocycles. The molecule has 0 amide bonds. The van der Waals surface area contributed by atoms with E-state index >= 15 is 0 Å². The van der Waals surface area contributed by atoms with Crippen LogP contribution in [0.5, 0.6) is 0 Å². The first-order valence-corrected chi connectivity index (χ1v) is 10.5. The third-order valence-electron chi connectivity index (χ3n) is 6.04. The maximum Gasteiger partial charge on any atom is 0.291 e. The highest BCUT2D eigenvalue weighted by atomic mass is 19.1. The van der Waals surface area contributed by atoms with Crippen LogP contribution in [0.3, 0.4) is 0 Å². The van der Waals surface area contributed by atoms with E-state index in [9.17, 15) is 14.0 Å². The Morgan fingerprint density at radius 1 is 0.853 bits per heavy atom. The summed E-state index contributed by atoms with van der Waals surface area (Å²) in [5.74, 6) is -0.414. The molecule has 0 saturated carbocycles. The van der Waals surface area contributed by atoms with E-state index in [-0.39, 0.29) is 18.6 Å². The van der Waals surface area contributed by atoms with Gasteiger partial charge >= 0.3 is 0 Å². The first-order valence-electron chi connectivity index (χ1n) is 10.5. The molecular formula is C23H17FN8O2. The number of aromatic nitrogens is 8. The van der Waals surface area contributed by atoms with E-state index in [4.69, 9.17) is 0 Å². The zero-order valence-corrected chi connectivity index (χ0v) is 17.9. The highest BCUT2D eigenvalue weighted by molar-refractivity contribution is 6.06. The van der Waals surface area contributed by atoms with Crippen LogP contribution < -0.4 is 11.1 Å². The molecule has 0 aliphatic carbocycles. The van der Waals surface area contributed by atoms with Gasteiger partial charge in [-0.3, -0.25) is 14.7 Å². The van der Waals surface area contributed by atoms with E-state index in [1.54, 1.807) is 48.4 Å². The number of H-pyrrole nitrogens is 1. The van der Waals surface area contributed by atoms with Gasteiger partial charge in [0.05, 0.1) is 31.7 Å². The fourth-order valence-corrected chi connectivity index (χ4v) is 4.33. The minimum atomic E-state index is -0.417. The van der Waals surface area contributed by atoms with Crippen molar-refractivity contribution >= 4 is 32.8 Å². The van der Waals surface area contributed by atoms with Crippen molar-refractivity contribution in [3.63, 3.8) is 0 Å². The highest BCUT2D eigenvalue weighted by Gasteiger charge is 2.19.